The topological polar surface area (TPSA) is 146 Å². The molecule has 0 fully saturated rings. The second-order valence-electron chi connectivity index (χ2n) is 14.4. The summed E-state index contributed by atoms with van der Waals surface area (Å²) in [6.45, 7) is 16.5. The number of fused-ring (bicyclic) bond motifs is 2. The average Bonchev–Trinajstić information content (AvgIpc) is 3.36. The first-order chi connectivity index (χ1) is 22.1. The van der Waals surface area contributed by atoms with Crippen molar-refractivity contribution in [3.05, 3.63) is 111 Å². The molecule has 0 saturated carbocycles. The van der Waals surface area contributed by atoms with Gasteiger partial charge in [-0.1, -0.05) is 41.5 Å². The molecule has 0 radical (unpaired) electrons. The maximum atomic E-state index is 14.0. The van der Waals surface area contributed by atoms with Crippen LogP contribution in [0.25, 0.3) is 32.9 Å². The summed E-state index contributed by atoms with van der Waals surface area (Å²) in [5.74, 6) is -1.89. The SMILES string of the molecule is CC(=O)c1cc(C(C)(C)C)cc(C(C)=O)c1-n1c(=O)c2cc3c(=O)n(-c4c(C(C)=O)cc(C(C)(C)C)cc4C(C)=O)c(=O)c3cc2c1=O. The molecule has 3 aromatic carbocycles. The summed E-state index contributed by atoms with van der Waals surface area (Å²) >= 11 is 0. The lowest BCUT2D eigenvalue weighted by Crippen LogP contribution is -2.29. The molecule has 10 heteroatoms. The van der Waals surface area contributed by atoms with E-state index >= 15 is 0 Å². The average molecular weight is 649 g/mol. The van der Waals surface area contributed by atoms with E-state index in [1.165, 1.54) is 27.7 Å². The first-order valence-corrected chi connectivity index (χ1v) is 15.4. The second kappa shape index (κ2) is 11.1. The predicted octanol–water partition coefficient (Wildman–Crippen LogP) is 5.30. The molecule has 0 spiro atoms. The molecule has 0 unspecified atom stereocenters. The zero-order valence-corrected chi connectivity index (χ0v) is 28.6. The Labute approximate surface area is 275 Å². The lowest BCUT2D eigenvalue weighted by atomic mass is 9.83. The van der Waals surface area contributed by atoms with Gasteiger partial charge in [-0.3, -0.25) is 38.4 Å². The van der Waals surface area contributed by atoms with Crippen molar-refractivity contribution >= 4 is 44.7 Å². The Morgan fingerprint density at radius 3 is 0.792 bits per heavy atom. The quantitative estimate of drug-likeness (QED) is 0.226. The van der Waals surface area contributed by atoms with Crippen molar-refractivity contribution in [1.82, 2.24) is 9.13 Å². The van der Waals surface area contributed by atoms with Crippen LogP contribution in [0.2, 0.25) is 0 Å². The standard InChI is InChI=1S/C38H36N2O8/c1-17(41)23-11-21(37(5,6)7)12-24(18(2)42)31(23)39-33(45)27-15-29-30(16-28(27)34(39)46)36(48)40(35(29)47)32-25(19(3)43)13-22(38(8,9)10)14-26(32)20(4)44/h11-16H,1-10H3. The Morgan fingerprint density at radius 1 is 0.417 bits per heavy atom. The van der Waals surface area contributed by atoms with Crippen molar-refractivity contribution in [3.63, 3.8) is 0 Å². The predicted molar refractivity (Wildman–Crippen MR) is 185 cm³/mol. The number of benzene rings is 3. The second-order valence-corrected chi connectivity index (χ2v) is 14.4. The van der Waals surface area contributed by atoms with Gasteiger partial charge in [0.1, 0.15) is 0 Å². The molecule has 0 amide bonds. The first kappa shape index (κ1) is 34.0. The van der Waals surface area contributed by atoms with E-state index < -0.39 is 56.2 Å². The van der Waals surface area contributed by atoms with E-state index in [4.69, 9.17) is 0 Å². The lowest BCUT2D eigenvalue weighted by Gasteiger charge is -2.23. The number of aromatic nitrogens is 2. The summed E-state index contributed by atoms with van der Waals surface area (Å²) in [5, 5.41) is -0.806. The molecule has 5 rings (SSSR count). The van der Waals surface area contributed by atoms with Gasteiger partial charge in [-0.05, 0) is 86.1 Å². The monoisotopic (exact) mass is 648 g/mol. The largest absolute Gasteiger partial charge is 0.294 e. The molecule has 0 N–H and O–H groups in total. The molecule has 2 heterocycles. The molecule has 0 aliphatic rings. The zero-order chi connectivity index (χ0) is 35.9. The lowest BCUT2D eigenvalue weighted by molar-refractivity contribution is 0.0997. The van der Waals surface area contributed by atoms with E-state index in [1.54, 1.807) is 24.3 Å². The number of carbonyl (C=O) groups is 4. The molecule has 2 aromatic heterocycles. The van der Waals surface area contributed by atoms with Gasteiger partial charge in [0, 0.05) is 22.3 Å². The molecule has 0 aliphatic carbocycles. The maximum Gasteiger partial charge on any atom is 0.266 e. The van der Waals surface area contributed by atoms with Gasteiger partial charge in [-0.25, -0.2) is 9.13 Å². The number of hydrogen-bond donors (Lipinski definition) is 0. The van der Waals surface area contributed by atoms with E-state index in [0.29, 0.717) is 11.1 Å². The molecular weight excluding hydrogens is 612 g/mol. The van der Waals surface area contributed by atoms with Crippen molar-refractivity contribution in [2.24, 2.45) is 0 Å². The Morgan fingerprint density at radius 2 is 0.625 bits per heavy atom. The Balaban J connectivity index is 1.90. The molecule has 0 aliphatic heterocycles. The summed E-state index contributed by atoms with van der Waals surface area (Å²) in [6, 6.07) is 8.51. The third-order valence-corrected chi connectivity index (χ3v) is 8.81. The van der Waals surface area contributed by atoms with Gasteiger partial charge in [0.15, 0.2) is 23.1 Å². The van der Waals surface area contributed by atoms with Gasteiger partial charge in [0.2, 0.25) is 0 Å². The normalized spacial score (nSPS) is 12.2. The summed E-state index contributed by atoms with van der Waals surface area (Å²) in [5.41, 5.74) is -3.49. The number of nitrogens with zero attached hydrogens (tertiary/aromatic N) is 2. The van der Waals surface area contributed by atoms with Crippen molar-refractivity contribution in [3.8, 4) is 11.4 Å². The number of carbonyl (C=O) groups excluding carboxylic acids is 4. The Kier molecular flexibility index (Phi) is 7.86. The first-order valence-electron chi connectivity index (χ1n) is 15.4. The fraction of sp³-hybridized carbons (Fsp3) is 0.316. The van der Waals surface area contributed by atoms with Gasteiger partial charge < -0.3 is 0 Å². The zero-order valence-electron chi connectivity index (χ0n) is 28.6. The third kappa shape index (κ3) is 5.21. The summed E-state index contributed by atoms with van der Waals surface area (Å²) in [4.78, 5) is 108. The van der Waals surface area contributed by atoms with Crippen LogP contribution in [0.4, 0.5) is 0 Å². The molecule has 246 valence electrons. The van der Waals surface area contributed by atoms with E-state index in [2.05, 4.69) is 0 Å². The highest BCUT2D eigenvalue weighted by Crippen LogP contribution is 2.32. The number of rotatable bonds is 6. The number of hydrogen-bond acceptors (Lipinski definition) is 8. The van der Waals surface area contributed by atoms with E-state index in [-0.39, 0.29) is 55.2 Å². The van der Waals surface area contributed by atoms with Crippen LogP contribution in [-0.2, 0) is 10.8 Å². The van der Waals surface area contributed by atoms with Crippen LogP contribution >= 0.6 is 0 Å². The van der Waals surface area contributed by atoms with Crippen LogP contribution in [-0.4, -0.2) is 32.3 Å². The van der Waals surface area contributed by atoms with Crippen LogP contribution < -0.4 is 22.2 Å². The van der Waals surface area contributed by atoms with Gasteiger partial charge in [-0.15, -0.1) is 0 Å². The maximum absolute atomic E-state index is 14.0. The molecule has 10 nitrogen and oxygen atoms in total. The minimum absolute atomic E-state index is 0.000211. The van der Waals surface area contributed by atoms with Crippen LogP contribution in [0.1, 0.15) is 122 Å². The van der Waals surface area contributed by atoms with Crippen LogP contribution in [0.3, 0.4) is 0 Å². The molecule has 48 heavy (non-hydrogen) atoms. The molecule has 0 saturated heterocycles. The van der Waals surface area contributed by atoms with Crippen LogP contribution in [0.15, 0.2) is 55.6 Å². The molecule has 0 bridgehead atoms. The molecular formula is C38H36N2O8. The number of ketones is 4. The highest BCUT2D eigenvalue weighted by atomic mass is 16.2. The fourth-order valence-corrected chi connectivity index (χ4v) is 6.07. The van der Waals surface area contributed by atoms with Gasteiger partial charge in [-0.2, -0.15) is 0 Å². The summed E-state index contributed by atoms with van der Waals surface area (Å²) < 4.78 is 1.50. The Hall–Kier alpha value is -5.38. The van der Waals surface area contributed by atoms with Gasteiger partial charge in [0.25, 0.3) is 22.2 Å². The Bertz CT molecular complexity index is 2180. The van der Waals surface area contributed by atoms with Crippen molar-refractivity contribution in [2.75, 3.05) is 0 Å². The van der Waals surface area contributed by atoms with Gasteiger partial charge >= 0.3 is 0 Å². The minimum Gasteiger partial charge on any atom is -0.294 e. The summed E-state index contributed by atoms with van der Waals surface area (Å²) in [6.07, 6.45) is 0. The fourth-order valence-electron chi connectivity index (χ4n) is 6.07. The van der Waals surface area contributed by atoms with Crippen LogP contribution in [0.5, 0.6) is 0 Å². The number of Topliss-reactive ketones (excluding diaryl/α,β-unsaturated/α-hetero) is 4. The molecule has 0 atom stereocenters. The van der Waals surface area contributed by atoms with Crippen molar-refractivity contribution < 1.29 is 19.2 Å². The smallest absolute Gasteiger partial charge is 0.266 e. The van der Waals surface area contributed by atoms with Crippen molar-refractivity contribution in [2.45, 2.75) is 80.1 Å². The highest BCUT2D eigenvalue weighted by molar-refractivity contribution is 6.08. The van der Waals surface area contributed by atoms with E-state index in [0.717, 1.165) is 21.3 Å². The van der Waals surface area contributed by atoms with Gasteiger partial charge in [0.05, 0.1) is 32.9 Å². The van der Waals surface area contributed by atoms with Crippen LogP contribution in [0, 0.1) is 0 Å². The third-order valence-electron chi connectivity index (χ3n) is 8.81. The van der Waals surface area contributed by atoms with E-state index in [1.807, 2.05) is 41.5 Å². The van der Waals surface area contributed by atoms with Crippen molar-refractivity contribution in [1.29, 1.82) is 0 Å². The summed E-state index contributed by atoms with van der Waals surface area (Å²) in [7, 11) is 0. The highest BCUT2D eigenvalue weighted by Gasteiger charge is 2.30. The minimum atomic E-state index is -0.881. The van der Waals surface area contributed by atoms with E-state index in [9.17, 15) is 38.4 Å². The molecule has 5 aromatic rings.